The fraction of sp³-hybridized carbons (Fsp3) is 0.261. The van der Waals surface area contributed by atoms with E-state index >= 15 is 0 Å². The average Bonchev–Trinajstić information content (AvgIpc) is 2.72. The van der Waals surface area contributed by atoms with Gasteiger partial charge in [0, 0.05) is 23.5 Å². The molecule has 1 aromatic carbocycles. The van der Waals surface area contributed by atoms with Crippen LogP contribution in [0.5, 0.6) is 5.75 Å². The molecule has 1 fully saturated rings. The lowest BCUT2D eigenvalue weighted by Crippen LogP contribution is -2.30. The molecule has 0 N–H and O–H groups in total. The Morgan fingerprint density at radius 3 is 2.64 bits per heavy atom. The van der Waals surface area contributed by atoms with Gasteiger partial charge in [0.2, 0.25) is 0 Å². The van der Waals surface area contributed by atoms with Crippen LogP contribution in [-0.2, 0) is 0 Å². The Bertz CT molecular complexity index is 1050. The average molecular weight is 368 g/mol. The molecule has 0 radical (unpaired) electrons. The lowest BCUT2D eigenvalue weighted by atomic mass is 9.82. The van der Waals surface area contributed by atoms with Crippen LogP contribution in [0, 0.1) is 11.3 Å². The van der Waals surface area contributed by atoms with Gasteiger partial charge in [-0.2, -0.15) is 5.26 Å². The van der Waals surface area contributed by atoms with Crippen LogP contribution in [0.4, 0.5) is 11.5 Å². The second kappa shape index (κ2) is 6.97. The quantitative estimate of drug-likeness (QED) is 0.664. The Labute approximate surface area is 164 Å². The number of ether oxygens (including phenoxy) is 1. The molecule has 5 rings (SSSR count). The van der Waals surface area contributed by atoms with Gasteiger partial charge >= 0.3 is 0 Å². The monoisotopic (exact) mass is 368 g/mol. The largest absolute Gasteiger partial charge is 0.488 e. The van der Waals surface area contributed by atoms with Crippen LogP contribution in [0.2, 0.25) is 0 Å². The van der Waals surface area contributed by atoms with Crippen molar-refractivity contribution in [3.8, 4) is 22.9 Å². The first-order valence-electron chi connectivity index (χ1n) is 9.70. The summed E-state index contributed by atoms with van der Waals surface area (Å²) in [5.41, 5.74) is 4.76. The summed E-state index contributed by atoms with van der Waals surface area (Å²) in [7, 11) is 0. The van der Waals surface area contributed by atoms with Crippen molar-refractivity contribution in [3.05, 3.63) is 66.1 Å². The van der Waals surface area contributed by atoms with E-state index in [2.05, 4.69) is 52.4 Å². The first-order chi connectivity index (χ1) is 13.8. The third-order valence-corrected chi connectivity index (χ3v) is 5.60. The number of nitriles is 1. The van der Waals surface area contributed by atoms with E-state index < -0.39 is 0 Å². The zero-order valence-electron chi connectivity index (χ0n) is 15.5. The number of pyridine rings is 2. The summed E-state index contributed by atoms with van der Waals surface area (Å²) < 4.78 is 5.84. The molecule has 28 heavy (non-hydrogen) atoms. The number of hydrogen-bond acceptors (Lipinski definition) is 5. The third-order valence-electron chi connectivity index (χ3n) is 5.60. The number of benzene rings is 1. The molecular formula is C23H20N4O. The predicted molar refractivity (Wildman–Crippen MR) is 108 cm³/mol. The minimum Gasteiger partial charge on any atom is -0.488 e. The van der Waals surface area contributed by atoms with Crippen LogP contribution in [0.3, 0.4) is 0 Å². The Balaban J connectivity index is 1.46. The van der Waals surface area contributed by atoms with Gasteiger partial charge in [-0.3, -0.25) is 0 Å². The van der Waals surface area contributed by atoms with Crippen molar-refractivity contribution < 1.29 is 4.74 Å². The summed E-state index contributed by atoms with van der Waals surface area (Å²) in [6, 6.07) is 18.4. The van der Waals surface area contributed by atoms with Crippen LogP contribution >= 0.6 is 0 Å². The number of hydrogen-bond donors (Lipinski definition) is 0. The van der Waals surface area contributed by atoms with Gasteiger partial charge in [0.25, 0.3) is 0 Å². The van der Waals surface area contributed by atoms with Gasteiger partial charge in [-0.25, -0.2) is 9.97 Å². The van der Waals surface area contributed by atoms with Crippen LogP contribution in [0.15, 0.2) is 54.7 Å². The maximum atomic E-state index is 9.06. The highest BCUT2D eigenvalue weighted by Gasteiger charge is 2.26. The van der Waals surface area contributed by atoms with Crippen LogP contribution < -0.4 is 9.64 Å². The van der Waals surface area contributed by atoms with Crippen molar-refractivity contribution >= 4 is 11.5 Å². The van der Waals surface area contributed by atoms with Gasteiger partial charge in [-0.05, 0) is 60.4 Å². The number of fused-ring (bicyclic) bond motifs is 1. The Hall–Kier alpha value is -3.39. The molecule has 0 amide bonds. The normalized spacial score (nSPS) is 15.9. The molecule has 0 unspecified atom stereocenters. The molecule has 0 spiro atoms. The molecule has 2 aliphatic rings. The Kier molecular flexibility index (Phi) is 4.17. The number of nitrogens with zero attached hydrogens (tertiary/aromatic N) is 4. The summed E-state index contributed by atoms with van der Waals surface area (Å²) in [5.74, 6) is 2.36. The molecule has 3 aromatic rings. The molecule has 1 aliphatic carbocycles. The molecular weight excluding hydrogens is 348 g/mol. The van der Waals surface area contributed by atoms with E-state index in [1.54, 1.807) is 6.20 Å². The lowest BCUT2D eigenvalue weighted by Gasteiger charge is -2.32. The van der Waals surface area contributed by atoms with Crippen LogP contribution in [-0.4, -0.2) is 23.1 Å². The number of anilines is 2. The third kappa shape index (κ3) is 2.97. The van der Waals surface area contributed by atoms with Crippen molar-refractivity contribution in [2.45, 2.75) is 25.2 Å². The van der Waals surface area contributed by atoms with E-state index in [0.29, 0.717) is 18.2 Å². The molecule has 1 aliphatic heterocycles. The highest BCUT2D eigenvalue weighted by molar-refractivity contribution is 5.71. The van der Waals surface area contributed by atoms with E-state index in [4.69, 9.17) is 15.0 Å². The lowest BCUT2D eigenvalue weighted by molar-refractivity contribution is 0.310. The predicted octanol–water partition coefficient (Wildman–Crippen LogP) is 4.81. The van der Waals surface area contributed by atoms with E-state index in [1.807, 2.05) is 12.1 Å². The molecule has 0 atom stereocenters. The van der Waals surface area contributed by atoms with Gasteiger partial charge < -0.3 is 9.64 Å². The summed E-state index contributed by atoms with van der Waals surface area (Å²) >= 11 is 0. The van der Waals surface area contributed by atoms with Crippen LogP contribution in [0.25, 0.3) is 11.1 Å². The minimum absolute atomic E-state index is 0.427. The summed E-state index contributed by atoms with van der Waals surface area (Å²) in [6.07, 6.45) is 5.44. The summed E-state index contributed by atoms with van der Waals surface area (Å²) in [4.78, 5) is 11.2. The van der Waals surface area contributed by atoms with Crippen LogP contribution in [0.1, 0.15) is 36.6 Å². The molecule has 138 valence electrons. The first kappa shape index (κ1) is 16.8. The molecule has 5 nitrogen and oxygen atoms in total. The second-order valence-electron chi connectivity index (χ2n) is 7.27. The zero-order chi connectivity index (χ0) is 18.9. The van der Waals surface area contributed by atoms with Gasteiger partial charge in [-0.15, -0.1) is 0 Å². The van der Waals surface area contributed by atoms with E-state index in [9.17, 15) is 0 Å². The highest BCUT2D eigenvalue weighted by Crippen LogP contribution is 2.40. The fourth-order valence-corrected chi connectivity index (χ4v) is 3.80. The van der Waals surface area contributed by atoms with E-state index in [1.165, 1.54) is 25.0 Å². The minimum atomic E-state index is 0.427. The van der Waals surface area contributed by atoms with E-state index in [0.717, 1.165) is 34.9 Å². The fourth-order valence-electron chi connectivity index (χ4n) is 3.80. The molecule has 5 heteroatoms. The summed E-state index contributed by atoms with van der Waals surface area (Å²) in [5, 5.41) is 9.06. The maximum absolute atomic E-state index is 9.06. The molecule has 1 saturated carbocycles. The number of aromatic nitrogens is 2. The van der Waals surface area contributed by atoms with Crippen molar-refractivity contribution in [1.82, 2.24) is 9.97 Å². The molecule has 2 aromatic heterocycles. The van der Waals surface area contributed by atoms with Gasteiger partial charge in [0.05, 0.1) is 6.54 Å². The topological polar surface area (TPSA) is 62.0 Å². The molecule has 0 bridgehead atoms. The van der Waals surface area contributed by atoms with Gasteiger partial charge in [0.1, 0.15) is 18.4 Å². The number of rotatable bonds is 3. The van der Waals surface area contributed by atoms with E-state index in [-0.39, 0.29) is 0 Å². The molecule has 0 saturated heterocycles. The zero-order valence-corrected chi connectivity index (χ0v) is 15.5. The Morgan fingerprint density at radius 1 is 1.04 bits per heavy atom. The maximum Gasteiger partial charge on any atom is 0.176 e. The van der Waals surface area contributed by atoms with Crippen molar-refractivity contribution in [2.75, 3.05) is 18.1 Å². The summed E-state index contributed by atoms with van der Waals surface area (Å²) in [6.45, 7) is 1.43. The van der Waals surface area contributed by atoms with Crippen molar-refractivity contribution in [1.29, 1.82) is 5.26 Å². The standard InChI is InChI=1S/C23H20N4O/c24-15-19-14-18(10-11-25-19)16-4-6-20(7-5-16)27-12-13-28-22-9-8-21(26-23(22)27)17-2-1-3-17/h4-11,14,17H,1-3,12-13H2. The highest BCUT2D eigenvalue weighted by atomic mass is 16.5. The van der Waals surface area contributed by atoms with Gasteiger partial charge in [-0.1, -0.05) is 18.6 Å². The van der Waals surface area contributed by atoms with Crippen molar-refractivity contribution in [3.63, 3.8) is 0 Å². The van der Waals surface area contributed by atoms with Gasteiger partial charge in [0.15, 0.2) is 11.6 Å². The Morgan fingerprint density at radius 2 is 1.89 bits per heavy atom. The SMILES string of the molecule is N#Cc1cc(-c2ccc(N3CCOc4ccc(C5CCC5)nc43)cc2)ccn1. The molecule has 3 heterocycles. The first-order valence-corrected chi connectivity index (χ1v) is 9.70. The smallest absolute Gasteiger partial charge is 0.176 e. The second-order valence-corrected chi connectivity index (χ2v) is 7.27. The van der Waals surface area contributed by atoms with Crippen molar-refractivity contribution in [2.24, 2.45) is 0 Å².